The van der Waals surface area contributed by atoms with E-state index in [1.807, 2.05) is 0 Å². The molecule has 0 radical (unpaired) electrons. The highest BCUT2D eigenvalue weighted by Crippen LogP contribution is 2.27. The third kappa shape index (κ3) is 4.45. The van der Waals surface area contributed by atoms with Crippen LogP contribution in [0.5, 0.6) is 0 Å². The highest BCUT2D eigenvalue weighted by molar-refractivity contribution is 5.86. The number of carbonyl (C=O) groups is 1. The molecule has 0 unspecified atom stereocenters. The molecule has 2 fully saturated rings. The minimum Gasteiger partial charge on any atom is -0.393 e. The van der Waals surface area contributed by atoms with Crippen LogP contribution in [0.15, 0.2) is 24.3 Å². The summed E-state index contributed by atoms with van der Waals surface area (Å²) in [6, 6.07) is 8.42. The summed E-state index contributed by atoms with van der Waals surface area (Å²) in [5.74, 6) is 0.344. The molecule has 1 atom stereocenters. The van der Waals surface area contributed by atoms with E-state index in [1.165, 1.54) is 5.56 Å². The molecule has 0 aliphatic carbocycles. The summed E-state index contributed by atoms with van der Waals surface area (Å²) in [7, 11) is 0. The van der Waals surface area contributed by atoms with Crippen LogP contribution in [-0.4, -0.2) is 63.8 Å². The van der Waals surface area contributed by atoms with E-state index in [9.17, 15) is 15.0 Å². The van der Waals surface area contributed by atoms with Gasteiger partial charge in [-0.3, -0.25) is 9.69 Å². The van der Waals surface area contributed by atoms with Crippen molar-refractivity contribution in [3.05, 3.63) is 35.4 Å². The molecule has 2 aliphatic rings. The smallest absolute Gasteiger partial charge is 0.256 e. The maximum Gasteiger partial charge on any atom is 0.256 e. The summed E-state index contributed by atoms with van der Waals surface area (Å²) >= 11 is 0. The Morgan fingerprint density at radius 1 is 1.15 bits per heavy atom. The lowest BCUT2D eigenvalue weighted by atomic mass is 9.90. The number of rotatable bonds is 5. The summed E-state index contributed by atoms with van der Waals surface area (Å²) in [6.45, 7) is 7.46. The molecule has 2 N–H and O–H groups in total. The number of amides is 1. The maximum atomic E-state index is 13.0. The van der Waals surface area contributed by atoms with Gasteiger partial charge in [0.05, 0.1) is 6.10 Å². The quantitative estimate of drug-likeness (QED) is 0.844. The second-order valence-electron chi connectivity index (χ2n) is 8.27. The Morgan fingerprint density at radius 3 is 2.42 bits per heavy atom. The Labute approximate surface area is 156 Å². The molecular weight excluding hydrogens is 328 g/mol. The van der Waals surface area contributed by atoms with Crippen molar-refractivity contribution in [2.24, 2.45) is 0 Å². The van der Waals surface area contributed by atoms with Gasteiger partial charge in [-0.25, -0.2) is 0 Å². The second kappa shape index (κ2) is 8.07. The minimum absolute atomic E-state index is 0.150. The maximum absolute atomic E-state index is 13.0. The van der Waals surface area contributed by atoms with Crippen molar-refractivity contribution in [3.8, 4) is 0 Å². The van der Waals surface area contributed by atoms with Gasteiger partial charge < -0.3 is 15.1 Å². The summed E-state index contributed by atoms with van der Waals surface area (Å²) in [5, 5.41) is 20.7. The van der Waals surface area contributed by atoms with Crippen LogP contribution in [-0.2, 0) is 11.3 Å². The number of piperidine rings is 2. The first-order valence-electron chi connectivity index (χ1n) is 9.88. The van der Waals surface area contributed by atoms with E-state index in [1.54, 1.807) is 4.90 Å². The zero-order valence-electron chi connectivity index (χ0n) is 16.0. The van der Waals surface area contributed by atoms with Crippen molar-refractivity contribution < 1.29 is 15.0 Å². The van der Waals surface area contributed by atoms with E-state index in [-0.39, 0.29) is 12.0 Å². The van der Waals surface area contributed by atoms with Gasteiger partial charge in [0, 0.05) is 32.7 Å². The van der Waals surface area contributed by atoms with Gasteiger partial charge >= 0.3 is 0 Å². The van der Waals surface area contributed by atoms with Gasteiger partial charge in [-0.2, -0.15) is 0 Å². The van der Waals surface area contributed by atoms with E-state index in [4.69, 9.17) is 0 Å². The monoisotopic (exact) mass is 360 g/mol. The van der Waals surface area contributed by atoms with E-state index in [0.29, 0.717) is 32.0 Å². The minimum atomic E-state index is -1.29. The average Bonchev–Trinajstić information content (AvgIpc) is 2.62. The third-order valence-electron chi connectivity index (χ3n) is 5.77. The fourth-order valence-corrected chi connectivity index (χ4v) is 4.04. The molecule has 0 saturated carbocycles. The normalized spacial score (nSPS) is 25.9. The van der Waals surface area contributed by atoms with Gasteiger partial charge in [0.1, 0.15) is 0 Å². The largest absolute Gasteiger partial charge is 0.393 e. The van der Waals surface area contributed by atoms with Crippen molar-refractivity contribution in [1.82, 2.24) is 9.80 Å². The first-order chi connectivity index (χ1) is 12.4. The highest BCUT2D eigenvalue weighted by Gasteiger charge is 2.43. The first kappa shape index (κ1) is 19.3. The zero-order chi connectivity index (χ0) is 18.7. The Kier molecular flexibility index (Phi) is 6.00. The first-order valence-corrected chi connectivity index (χ1v) is 9.88. The SMILES string of the molecule is CC(C)c1ccc(CN2CCC[C@](O)(CN3CCC(O)CC3)C2=O)cc1. The van der Waals surface area contributed by atoms with E-state index in [0.717, 1.165) is 37.9 Å². The van der Waals surface area contributed by atoms with Crippen LogP contribution in [0.3, 0.4) is 0 Å². The lowest BCUT2D eigenvalue weighted by molar-refractivity contribution is -0.160. The molecule has 0 spiro atoms. The van der Waals surface area contributed by atoms with Crippen LogP contribution in [0.2, 0.25) is 0 Å². The number of aliphatic hydroxyl groups excluding tert-OH is 1. The number of β-amino-alcohol motifs (C(OH)–C–C–N with tert-alkyl or cyclic N) is 1. The standard InChI is InChI=1S/C21H32N2O3/c1-16(2)18-6-4-17(5-7-18)14-23-11-3-10-21(26,20(23)25)15-22-12-8-19(24)9-13-22/h4-7,16,19,24,26H,3,8-15H2,1-2H3/t21-/m0/s1. The van der Waals surface area contributed by atoms with Crippen molar-refractivity contribution in [3.63, 3.8) is 0 Å². The Morgan fingerprint density at radius 2 is 1.81 bits per heavy atom. The molecule has 3 rings (SSSR count). The van der Waals surface area contributed by atoms with Crippen molar-refractivity contribution >= 4 is 5.91 Å². The second-order valence-corrected chi connectivity index (χ2v) is 8.27. The number of hydrogen-bond acceptors (Lipinski definition) is 4. The Hall–Kier alpha value is -1.43. The summed E-state index contributed by atoms with van der Waals surface area (Å²) < 4.78 is 0. The fraction of sp³-hybridized carbons (Fsp3) is 0.667. The number of hydrogen-bond donors (Lipinski definition) is 2. The third-order valence-corrected chi connectivity index (χ3v) is 5.77. The topological polar surface area (TPSA) is 64.0 Å². The molecule has 1 amide bonds. The number of likely N-dealkylation sites (tertiary alicyclic amines) is 2. The molecular formula is C21H32N2O3. The molecule has 26 heavy (non-hydrogen) atoms. The van der Waals surface area contributed by atoms with Crippen LogP contribution in [0.4, 0.5) is 0 Å². The van der Waals surface area contributed by atoms with Gasteiger partial charge in [-0.1, -0.05) is 38.1 Å². The lowest BCUT2D eigenvalue weighted by Gasteiger charge is -2.42. The molecule has 1 aromatic carbocycles. The zero-order valence-corrected chi connectivity index (χ0v) is 16.0. The molecule has 2 aliphatic heterocycles. The molecule has 2 saturated heterocycles. The summed E-state index contributed by atoms with van der Waals surface area (Å²) in [5.41, 5.74) is 1.11. The predicted octanol–water partition coefficient (Wildman–Crippen LogP) is 2.12. The van der Waals surface area contributed by atoms with Crippen LogP contribution in [0, 0.1) is 0 Å². The van der Waals surface area contributed by atoms with Crippen molar-refractivity contribution in [2.45, 2.75) is 63.7 Å². The van der Waals surface area contributed by atoms with Gasteiger partial charge in [-0.15, -0.1) is 0 Å². The number of nitrogens with zero attached hydrogens (tertiary/aromatic N) is 2. The van der Waals surface area contributed by atoms with E-state index >= 15 is 0 Å². The van der Waals surface area contributed by atoms with Crippen LogP contribution < -0.4 is 0 Å². The van der Waals surface area contributed by atoms with Gasteiger partial charge in [-0.05, 0) is 42.7 Å². The van der Waals surface area contributed by atoms with E-state index in [2.05, 4.69) is 43.0 Å². The number of carbonyl (C=O) groups excluding carboxylic acids is 1. The Balaban J connectivity index is 1.63. The molecule has 144 valence electrons. The van der Waals surface area contributed by atoms with Crippen molar-refractivity contribution in [1.29, 1.82) is 0 Å². The van der Waals surface area contributed by atoms with Crippen LogP contribution >= 0.6 is 0 Å². The van der Waals surface area contributed by atoms with Gasteiger partial charge in [0.2, 0.25) is 0 Å². The van der Waals surface area contributed by atoms with Crippen LogP contribution in [0.25, 0.3) is 0 Å². The average molecular weight is 360 g/mol. The summed E-state index contributed by atoms with van der Waals surface area (Å²) in [4.78, 5) is 16.9. The Bertz CT molecular complexity index is 608. The highest BCUT2D eigenvalue weighted by atomic mass is 16.3. The van der Waals surface area contributed by atoms with Crippen molar-refractivity contribution in [2.75, 3.05) is 26.2 Å². The summed E-state index contributed by atoms with van der Waals surface area (Å²) in [6.07, 6.45) is 2.54. The molecule has 1 aromatic rings. The molecule has 0 aromatic heterocycles. The number of benzene rings is 1. The lowest BCUT2D eigenvalue weighted by Crippen LogP contribution is -2.59. The number of aliphatic hydroxyl groups is 2. The van der Waals surface area contributed by atoms with Crippen LogP contribution in [0.1, 0.15) is 56.6 Å². The van der Waals surface area contributed by atoms with Gasteiger partial charge in [0.15, 0.2) is 5.60 Å². The molecule has 5 heteroatoms. The van der Waals surface area contributed by atoms with Gasteiger partial charge in [0.25, 0.3) is 5.91 Å². The predicted molar refractivity (Wildman–Crippen MR) is 102 cm³/mol. The molecule has 2 heterocycles. The molecule has 0 bridgehead atoms. The molecule has 5 nitrogen and oxygen atoms in total. The van der Waals surface area contributed by atoms with E-state index < -0.39 is 5.60 Å². The fourth-order valence-electron chi connectivity index (χ4n) is 4.04.